The molecule has 0 spiro atoms. The summed E-state index contributed by atoms with van der Waals surface area (Å²) in [5.74, 6) is 0.927. The van der Waals surface area contributed by atoms with Gasteiger partial charge in [0, 0.05) is 55.9 Å². The average molecular weight is 388 g/mol. The molecule has 0 saturated carbocycles. The molecular weight excluding hydrogens is 364 g/mol. The minimum atomic E-state index is 0.0219. The number of anilines is 2. The van der Waals surface area contributed by atoms with E-state index in [-0.39, 0.29) is 5.91 Å². The molecule has 3 heterocycles. The summed E-state index contributed by atoms with van der Waals surface area (Å²) in [5, 5.41) is 3.01. The van der Waals surface area contributed by atoms with E-state index in [0.717, 1.165) is 54.5 Å². The van der Waals surface area contributed by atoms with E-state index in [9.17, 15) is 4.79 Å². The van der Waals surface area contributed by atoms with Gasteiger partial charge in [0.2, 0.25) is 5.91 Å². The van der Waals surface area contributed by atoms with Crippen LogP contribution in [0.5, 0.6) is 0 Å². The van der Waals surface area contributed by atoms with Crippen LogP contribution in [0.2, 0.25) is 0 Å². The molecule has 1 aliphatic rings. The van der Waals surface area contributed by atoms with Gasteiger partial charge in [0.25, 0.3) is 0 Å². The first kappa shape index (κ1) is 19.0. The van der Waals surface area contributed by atoms with Crippen LogP contribution in [0.3, 0.4) is 0 Å². The van der Waals surface area contributed by atoms with Gasteiger partial charge in [0.05, 0.1) is 12.2 Å². The average Bonchev–Trinajstić information content (AvgIpc) is 2.77. The highest BCUT2D eigenvalue weighted by atomic mass is 16.2. The molecule has 1 amide bonds. The topological polar surface area (TPSA) is 74.2 Å². The van der Waals surface area contributed by atoms with Crippen molar-refractivity contribution in [3.05, 3.63) is 66.7 Å². The molecule has 0 atom stereocenters. The number of carbonyl (C=O) groups excluding carboxylic acids is 1. The summed E-state index contributed by atoms with van der Waals surface area (Å²) < 4.78 is 0. The Morgan fingerprint density at radius 3 is 2.66 bits per heavy atom. The van der Waals surface area contributed by atoms with E-state index in [0.29, 0.717) is 6.54 Å². The highest BCUT2D eigenvalue weighted by molar-refractivity contribution is 5.92. The van der Waals surface area contributed by atoms with Crippen LogP contribution in [-0.4, -0.2) is 58.5 Å². The number of carbonyl (C=O) groups is 1. The number of aryl methyl sites for hydroxylation is 1. The van der Waals surface area contributed by atoms with Crippen LogP contribution in [0.15, 0.2) is 61.2 Å². The fourth-order valence-electron chi connectivity index (χ4n) is 3.43. The summed E-state index contributed by atoms with van der Waals surface area (Å²) in [7, 11) is 0. The molecule has 0 aliphatic carbocycles. The number of nitrogens with one attached hydrogen (secondary N) is 1. The first-order chi connectivity index (χ1) is 14.2. The lowest BCUT2D eigenvalue weighted by molar-refractivity contribution is -0.117. The lowest BCUT2D eigenvalue weighted by Gasteiger charge is -2.35. The molecule has 7 heteroatoms. The first-order valence-corrected chi connectivity index (χ1v) is 9.74. The monoisotopic (exact) mass is 388 g/mol. The summed E-state index contributed by atoms with van der Waals surface area (Å²) in [4.78, 5) is 29.8. The number of hydrogen-bond acceptors (Lipinski definition) is 6. The molecule has 1 fully saturated rings. The highest BCUT2D eigenvalue weighted by Gasteiger charge is 2.20. The molecule has 0 radical (unpaired) electrons. The summed E-state index contributed by atoms with van der Waals surface area (Å²) in [6.45, 7) is 5.66. The zero-order valence-corrected chi connectivity index (χ0v) is 16.5. The zero-order chi connectivity index (χ0) is 20.1. The van der Waals surface area contributed by atoms with Crippen LogP contribution in [0, 0.1) is 6.92 Å². The minimum absolute atomic E-state index is 0.0219. The van der Waals surface area contributed by atoms with Crippen molar-refractivity contribution in [3.63, 3.8) is 0 Å². The normalized spacial score (nSPS) is 14.6. The maximum atomic E-state index is 12.4. The molecule has 3 aromatic rings. The summed E-state index contributed by atoms with van der Waals surface area (Å²) in [5.41, 5.74) is 3.78. The van der Waals surface area contributed by atoms with Gasteiger partial charge in [-0.2, -0.15) is 0 Å². The Morgan fingerprint density at radius 1 is 1.07 bits per heavy atom. The van der Waals surface area contributed by atoms with Gasteiger partial charge in [-0.1, -0.05) is 18.2 Å². The van der Waals surface area contributed by atoms with Crippen LogP contribution in [0.25, 0.3) is 11.3 Å². The molecule has 4 rings (SSSR count). The van der Waals surface area contributed by atoms with Crippen molar-refractivity contribution in [2.45, 2.75) is 6.92 Å². The third-order valence-corrected chi connectivity index (χ3v) is 5.09. The van der Waals surface area contributed by atoms with E-state index >= 15 is 0 Å². The van der Waals surface area contributed by atoms with Gasteiger partial charge in [-0.15, -0.1) is 0 Å². The number of para-hydroxylation sites is 1. The van der Waals surface area contributed by atoms with E-state index < -0.39 is 0 Å². The van der Waals surface area contributed by atoms with Crippen molar-refractivity contribution in [2.75, 3.05) is 42.9 Å². The van der Waals surface area contributed by atoms with E-state index in [4.69, 9.17) is 0 Å². The van der Waals surface area contributed by atoms with Crippen molar-refractivity contribution < 1.29 is 4.79 Å². The van der Waals surface area contributed by atoms with Crippen molar-refractivity contribution >= 4 is 17.4 Å². The Hall–Kier alpha value is -3.32. The molecule has 1 aromatic carbocycles. The molecule has 2 aromatic heterocycles. The molecule has 7 nitrogen and oxygen atoms in total. The summed E-state index contributed by atoms with van der Waals surface area (Å²) >= 11 is 0. The predicted octanol–water partition coefficient (Wildman–Crippen LogP) is 2.61. The van der Waals surface area contributed by atoms with E-state index in [2.05, 4.69) is 30.1 Å². The number of amides is 1. The van der Waals surface area contributed by atoms with Crippen LogP contribution in [-0.2, 0) is 4.79 Å². The zero-order valence-electron chi connectivity index (χ0n) is 16.5. The SMILES string of the molecule is Cc1ccccc1NC(=O)CN1CCN(c2cc(-c3cccnc3)ncn2)CC1. The maximum Gasteiger partial charge on any atom is 0.238 e. The van der Waals surface area contributed by atoms with Crippen molar-refractivity contribution in [1.29, 1.82) is 0 Å². The number of pyridine rings is 1. The molecular formula is C22H24N6O. The fourth-order valence-corrected chi connectivity index (χ4v) is 3.43. The third-order valence-electron chi connectivity index (χ3n) is 5.09. The second-order valence-electron chi connectivity index (χ2n) is 7.13. The van der Waals surface area contributed by atoms with Gasteiger partial charge < -0.3 is 10.2 Å². The number of piperazine rings is 1. The Bertz CT molecular complexity index is 970. The van der Waals surface area contributed by atoms with Crippen LogP contribution < -0.4 is 10.2 Å². The number of benzene rings is 1. The van der Waals surface area contributed by atoms with E-state index in [1.54, 1.807) is 18.7 Å². The van der Waals surface area contributed by atoms with Crippen molar-refractivity contribution in [3.8, 4) is 11.3 Å². The number of nitrogens with zero attached hydrogens (tertiary/aromatic N) is 5. The Morgan fingerprint density at radius 2 is 1.90 bits per heavy atom. The lowest BCUT2D eigenvalue weighted by atomic mass is 10.2. The van der Waals surface area contributed by atoms with Gasteiger partial charge in [-0.05, 0) is 30.7 Å². The van der Waals surface area contributed by atoms with Gasteiger partial charge in [-0.3, -0.25) is 14.7 Å². The van der Waals surface area contributed by atoms with Crippen LogP contribution in [0.4, 0.5) is 11.5 Å². The maximum absolute atomic E-state index is 12.4. The molecule has 0 unspecified atom stereocenters. The number of hydrogen-bond donors (Lipinski definition) is 1. The van der Waals surface area contributed by atoms with Crippen LogP contribution >= 0.6 is 0 Å². The molecule has 148 valence electrons. The smallest absolute Gasteiger partial charge is 0.238 e. The van der Waals surface area contributed by atoms with Crippen molar-refractivity contribution in [2.24, 2.45) is 0 Å². The molecule has 29 heavy (non-hydrogen) atoms. The third kappa shape index (κ3) is 4.75. The second kappa shape index (κ2) is 8.79. The minimum Gasteiger partial charge on any atom is -0.354 e. The Labute approximate surface area is 170 Å². The molecule has 1 saturated heterocycles. The summed E-state index contributed by atoms with van der Waals surface area (Å²) in [6, 6.07) is 13.7. The predicted molar refractivity (Wildman–Crippen MR) is 114 cm³/mol. The summed E-state index contributed by atoms with van der Waals surface area (Å²) in [6.07, 6.45) is 5.15. The largest absolute Gasteiger partial charge is 0.354 e. The highest BCUT2D eigenvalue weighted by Crippen LogP contribution is 2.21. The number of aromatic nitrogens is 3. The van der Waals surface area contributed by atoms with Gasteiger partial charge in [0.15, 0.2) is 0 Å². The van der Waals surface area contributed by atoms with Gasteiger partial charge >= 0.3 is 0 Å². The quantitative estimate of drug-likeness (QED) is 0.724. The first-order valence-electron chi connectivity index (χ1n) is 9.74. The van der Waals surface area contributed by atoms with Gasteiger partial charge in [0.1, 0.15) is 12.1 Å². The molecule has 1 aliphatic heterocycles. The standard InChI is InChI=1S/C22H24N6O/c1-17-5-2-3-7-19(17)26-22(29)15-27-9-11-28(12-10-27)21-13-20(24-16-25-21)18-6-4-8-23-14-18/h2-8,13-14,16H,9-12,15H2,1H3,(H,26,29). The Kier molecular flexibility index (Phi) is 5.76. The second-order valence-corrected chi connectivity index (χ2v) is 7.13. The van der Waals surface area contributed by atoms with Crippen molar-refractivity contribution in [1.82, 2.24) is 19.9 Å². The fraction of sp³-hybridized carbons (Fsp3) is 0.273. The van der Waals surface area contributed by atoms with Crippen LogP contribution in [0.1, 0.15) is 5.56 Å². The van der Waals surface area contributed by atoms with E-state index in [1.807, 2.05) is 49.4 Å². The lowest BCUT2D eigenvalue weighted by Crippen LogP contribution is -2.49. The van der Waals surface area contributed by atoms with Gasteiger partial charge in [-0.25, -0.2) is 9.97 Å². The van der Waals surface area contributed by atoms with E-state index in [1.165, 1.54) is 0 Å². The molecule has 1 N–H and O–H groups in total. The number of rotatable bonds is 5. The Balaban J connectivity index is 1.33. The molecule has 0 bridgehead atoms.